The van der Waals surface area contributed by atoms with E-state index in [0.717, 1.165) is 36.3 Å². The van der Waals surface area contributed by atoms with E-state index in [4.69, 9.17) is 4.74 Å². The molecule has 3 rings (SSSR count). The summed E-state index contributed by atoms with van der Waals surface area (Å²) in [5, 5.41) is 0. The Hall–Kier alpha value is -1.83. The zero-order chi connectivity index (χ0) is 25.3. The lowest BCUT2D eigenvalue weighted by Gasteiger charge is -2.29. The standard InChI is InChI=1S/C34H53NO/c1-3-5-7-9-10-12-15-30-16-14-17-31(27-30)19-18-29-20-22-32(23-21-29)34-25-24-33(28-35-34)36-26-13-11-8-6-4-2/h20-25,28,30-31H,3-19,26-27H2,1-2H3. The number of ether oxygens (including phenoxy) is 1. The highest BCUT2D eigenvalue weighted by Crippen LogP contribution is 2.35. The molecule has 36 heavy (non-hydrogen) atoms. The van der Waals surface area contributed by atoms with Crippen LogP contribution in [0.4, 0.5) is 0 Å². The molecule has 1 aliphatic rings. The van der Waals surface area contributed by atoms with Gasteiger partial charge >= 0.3 is 0 Å². The van der Waals surface area contributed by atoms with Crippen molar-refractivity contribution >= 4 is 0 Å². The Kier molecular flexibility index (Phi) is 14.0. The summed E-state index contributed by atoms with van der Waals surface area (Å²) in [6.07, 6.45) is 26.7. The van der Waals surface area contributed by atoms with E-state index in [9.17, 15) is 0 Å². The number of unbranched alkanes of at least 4 members (excludes halogenated alkanes) is 9. The Morgan fingerprint density at radius 2 is 1.39 bits per heavy atom. The van der Waals surface area contributed by atoms with Crippen LogP contribution < -0.4 is 4.74 Å². The molecule has 2 nitrogen and oxygen atoms in total. The second-order valence-corrected chi connectivity index (χ2v) is 11.3. The van der Waals surface area contributed by atoms with Crippen LogP contribution in [0.3, 0.4) is 0 Å². The van der Waals surface area contributed by atoms with Crippen molar-refractivity contribution < 1.29 is 4.74 Å². The van der Waals surface area contributed by atoms with E-state index < -0.39 is 0 Å². The number of aryl methyl sites for hydroxylation is 1. The van der Waals surface area contributed by atoms with Crippen LogP contribution in [0.2, 0.25) is 0 Å². The topological polar surface area (TPSA) is 22.1 Å². The van der Waals surface area contributed by atoms with Crippen molar-refractivity contribution in [1.29, 1.82) is 0 Å². The average molecular weight is 492 g/mol. The van der Waals surface area contributed by atoms with Crippen LogP contribution in [0.15, 0.2) is 42.6 Å². The fourth-order valence-electron chi connectivity index (χ4n) is 5.89. The zero-order valence-electron chi connectivity index (χ0n) is 23.5. The summed E-state index contributed by atoms with van der Waals surface area (Å²) in [4.78, 5) is 4.65. The summed E-state index contributed by atoms with van der Waals surface area (Å²) in [7, 11) is 0. The van der Waals surface area contributed by atoms with Gasteiger partial charge in [-0.1, -0.05) is 128 Å². The zero-order valence-corrected chi connectivity index (χ0v) is 23.5. The first kappa shape index (κ1) is 28.7. The molecule has 1 aromatic carbocycles. The van der Waals surface area contributed by atoms with Crippen molar-refractivity contribution in [1.82, 2.24) is 4.98 Å². The van der Waals surface area contributed by atoms with E-state index in [-0.39, 0.29) is 0 Å². The molecule has 0 N–H and O–H groups in total. The van der Waals surface area contributed by atoms with Crippen LogP contribution >= 0.6 is 0 Å². The molecule has 2 heteroatoms. The molecule has 0 bridgehead atoms. The Morgan fingerprint density at radius 1 is 0.722 bits per heavy atom. The summed E-state index contributed by atoms with van der Waals surface area (Å²) >= 11 is 0. The van der Waals surface area contributed by atoms with Gasteiger partial charge in [0.15, 0.2) is 0 Å². The molecule has 2 atom stereocenters. The molecule has 1 aromatic heterocycles. The highest BCUT2D eigenvalue weighted by molar-refractivity contribution is 5.59. The van der Waals surface area contributed by atoms with Crippen LogP contribution in [-0.2, 0) is 6.42 Å². The number of aromatic nitrogens is 1. The molecule has 1 aliphatic carbocycles. The van der Waals surface area contributed by atoms with Crippen molar-refractivity contribution in [2.24, 2.45) is 11.8 Å². The Labute approximate surface area is 222 Å². The maximum Gasteiger partial charge on any atom is 0.137 e. The van der Waals surface area contributed by atoms with Crippen molar-refractivity contribution in [2.45, 2.75) is 129 Å². The Balaban J connectivity index is 1.35. The number of hydrogen-bond donors (Lipinski definition) is 0. The molecule has 1 heterocycles. The van der Waals surface area contributed by atoms with Gasteiger partial charge in [0.25, 0.3) is 0 Å². The van der Waals surface area contributed by atoms with Crippen LogP contribution in [0.25, 0.3) is 11.3 Å². The van der Waals surface area contributed by atoms with E-state index in [1.54, 1.807) is 0 Å². The molecule has 2 unspecified atom stereocenters. The SMILES string of the molecule is CCCCCCCCC1CCCC(CCc2ccc(-c3ccc(OCCCCCCC)cn3)cc2)C1. The molecular weight excluding hydrogens is 438 g/mol. The van der Waals surface area contributed by atoms with Gasteiger partial charge in [0.2, 0.25) is 0 Å². The third-order valence-corrected chi connectivity index (χ3v) is 8.20. The minimum atomic E-state index is 0.792. The van der Waals surface area contributed by atoms with Gasteiger partial charge in [-0.15, -0.1) is 0 Å². The van der Waals surface area contributed by atoms with Gasteiger partial charge in [0.05, 0.1) is 18.5 Å². The first-order valence-corrected chi connectivity index (χ1v) is 15.5. The first-order chi connectivity index (χ1) is 17.8. The van der Waals surface area contributed by atoms with E-state index in [0.29, 0.717) is 0 Å². The van der Waals surface area contributed by atoms with E-state index in [2.05, 4.69) is 55.2 Å². The molecule has 0 spiro atoms. The largest absolute Gasteiger partial charge is 0.492 e. The number of hydrogen-bond acceptors (Lipinski definition) is 2. The minimum Gasteiger partial charge on any atom is -0.492 e. The van der Waals surface area contributed by atoms with E-state index in [1.165, 1.54) is 120 Å². The van der Waals surface area contributed by atoms with Gasteiger partial charge in [-0.3, -0.25) is 4.98 Å². The molecule has 1 fully saturated rings. The van der Waals surface area contributed by atoms with Crippen LogP contribution in [-0.4, -0.2) is 11.6 Å². The van der Waals surface area contributed by atoms with Gasteiger partial charge in [-0.2, -0.15) is 0 Å². The van der Waals surface area contributed by atoms with Gasteiger partial charge in [0, 0.05) is 5.56 Å². The molecule has 200 valence electrons. The molecule has 0 saturated heterocycles. The summed E-state index contributed by atoms with van der Waals surface area (Å²) in [5.41, 5.74) is 3.70. The second kappa shape index (κ2) is 17.6. The summed E-state index contributed by atoms with van der Waals surface area (Å²) in [5.74, 6) is 2.81. The summed E-state index contributed by atoms with van der Waals surface area (Å²) in [6, 6.07) is 13.3. The van der Waals surface area contributed by atoms with Crippen LogP contribution in [0.5, 0.6) is 5.75 Å². The second-order valence-electron chi connectivity index (χ2n) is 11.3. The predicted octanol–water partition coefficient (Wildman–Crippen LogP) is 10.6. The smallest absolute Gasteiger partial charge is 0.137 e. The van der Waals surface area contributed by atoms with E-state index in [1.807, 2.05) is 6.20 Å². The number of nitrogens with zero attached hydrogens (tertiary/aromatic N) is 1. The predicted molar refractivity (Wildman–Crippen MR) is 156 cm³/mol. The average Bonchev–Trinajstić information content (AvgIpc) is 2.92. The Bertz CT molecular complexity index is 797. The fourth-order valence-corrected chi connectivity index (χ4v) is 5.89. The fraction of sp³-hybridized carbons (Fsp3) is 0.676. The van der Waals surface area contributed by atoms with Gasteiger partial charge in [-0.05, 0) is 55.2 Å². The molecular formula is C34H53NO. The van der Waals surface area contributed by atoms with E-state index >= 15 is 0 Å². The lowest BCUT2D eigenvalue weighted by Crippen LogP contribution is -2.16. The molecule has 0 aliphatic heterocycles. The van der Waals surface area contributed by atoms with Crippen LogP contribution in [0, 0.1) is 11.8 Å². The monoisotopic (exact) mass is 491 g/mol. The highest BCUT2D eigenvalue weighted by Gasteiger charge is 2.21. The lowest BCUT2D eigenvalue weighted by atomic mass is 9.77. The van der Waals surface area contributed by atoms with Gasteiger partial charge in [-0.25, -0.2) is 0 Å². The maximum absolute atomic E-state index is 5.87. The lowest BCUT2D eigenvalue weighted by molar-refractivity contribution is 0.239. The quantitative estimate of drug-likeness (QED) is 0.193. The minimum absolute atomic E-state index is 0.792. The third kappa shape index (κ3) is 11.1. The van der Waals surface area contributed by atoms with Gasteiger partial charge in [0.1, 0.15) is 5.75 Å². The first-order valence-electron chi connectivity index (χ1n) is 15.5. The number of rotatable bonds is 18. The highest BCUT2D eigenvalue weighted by atomic mass is 16.5. The molecule has 0 radical (unpaired) electrons. The number of benzene rings is 1. The van der Waals surface area contributed by atoms with Gasteiger partial charge < -0.3 is 4.74 Å². The summed E-state index contributed by atoms with van der Waals surface area (Å²) in [6.45, 7) is 5.35. The van der Waals surface area contributed by atoms with Crippen molar-refractivity contribution in [3.63, 3.8) is 0 Å². The molecule has 0 amide bonds. The summed E-state index contributed by atoms with van der Waals surface area (Å²) < 4.78 is 5.87. The number of pyridine rings is 1. The third-order valence-electron chi connectivity index (χ3n) is 8.20. The Morgan fingerprint density at radius 3 is 2.08 bits per heavy atom. The van der Waals surface area contributed by atoms with Crippen molar-refractivity contribution in [2.75, 3.05) is 6.61 Å². The normalized spacial score (nSPS) is 17.8. The van der Waals surface area contributed by atoms with Crippen molar-refractivity contribution in [3.8, 4) is 17.0 Å². The molecule has 1 saturated carbocycles. The molecule has 2 aromatic rings. The van der Waals surface area contributed by atoms with Crippen molar-refractivity contribution in [3.05, 3.63) is 48.2 Å². The maximum atomic E-state index is 5.87. The van der Waals surface area contributed by atoms with Crippen LogP contribution in [0.1, 0.15) is 129 Å².